The van der Waals surface area contributed by atoms with Crippen LogP contribution in [0.4, 0.5) is 5.82 Å². The van der Waals surface area contributed by atoms with Crippen LogP contribution in [0.5, 0.6) is 5.75 Å². The highest BCUT2D eigenvalue weighted by Gasteiger charge is 2.02. The van der Waals surface area contributed by atoms with E-state index >= 15 is 0 Å². The molecule has 20 heavy (non-hydrogen) atoms. The first-order valence-corrected chi connectivity index (χ1v) is 6.25. The number of hydrogen-bond acceptors (Lipinski definition) is 4. The van der Waals surface area contributed by atoms with Gasteiger partial charge in [0.1, 0.15) is 17.9 Å². The minimum Gasteiger partial charge on any atom is -0.508 e. The van der Waals surface area contributed by atoms with Crippen molar-refractivity contribution in [2.75, 3.05) is 5.32 Å². The van der Waals surface area contributed by atoms with Gasteiger partial charge in [-0.15, -0.1) is 0 Å². The molecule has 0 fully saturated rings. The van der Waals surface area contributed by atoms with E-state index in [0.29, 0.717) is 5.82 Å². The van der Waals surface area contributed by atoms with Crippen LogP contribution in [0, 0.1) is 0 Å². The Bertz CT molecular complexity index is 754. The Morgan fingerprint density at radius 3 is 2.70 bits per heavy atom. The highest BCUT2D eigenvalue weighted by molar-refractivity contribution is 5.90. The minimum atomic E-state index is 0.197. The predicted molar refractivity (Wildman–Crippen MR) is 80.3 cm³/mol. The fourth-order valence-corrected chi connectivity index (χ4v) is 1.94. The summed E-state index contributed by atoms with van der Waals surface area (Å²) in [6.07, 6.45) is 5.27. The largest absolute Gasteiger partial charge is 0.508 e. The Morgan fingerprint density at radius 2 is 1.85 bits per heavy atom. The van der Waals surface area contributed by atoms with Gasteiger partial charge in [-0.05, 0) is 29.8 Å². The first-order chi connectivity index (χ1) is 9.83. The van der Waals surface area contributed by atoms with Crippen LogP contribution < -0.4 is 5.32 Å². The Hall–Kier alpha value is -2.88. The van der Waals surface area contributed by atoms with E-state index in [4.69, 9.17) is 0 Å². The summed E-state index contributed by atoms with van der Waals surface area (Å²) in [5.74, 6) is 0.862. The van der Waals surface area contributed by atoms with E-state index in [0.717, 1.165) is 16.5 Å². The normalized spacial score (nSPS) is 11.0. The van der Waals surface area contributed by atoms with E-state index in [1.165, 1.54) is 6.33 Å². The van der Waals surface area contributed by atoms with Crippen molar-refractivity contribution in [2.24, 2.45) is 0 Å². The predicted octanol–water partition coefficient (Wildman–Crippen LogP) is 3.42. The zero-order chi connectivity index (χ0) is 13.8. The number of phenolic OH excluding ortho intramolecular Hbond substituents is 1. The van der Waals surface area contributed by atoms with Gasteiger partial charge >= 0.3 is 0 Å². The van der Waals surface area contributed by atoms with Gasteiger partial charge in [0, 0.05) is 11.6 Å². The second kappa shape index (κ2) is 5.40. The Kier molecular flexibility index (Phi) is 3.29. The van der Waals surface area contributed by atoms with Crippen LogP contribution in [0.25, 0.3) is 17.0 Å². The maximum absolute atomic E-state index is 9.56. The molecule has 1 aromatic heterocycles. The van der Waals surface area contributed by atoms with Crippen molar-refractivity contribution < 1.29 is 5.11 Å². The maximum Gasteiger partial charge on any atom is 0.141 e. The number of anilines is 1. The molecule has 3 aromatic rings. The third-order valence-corrected chi connectivity index (χ3v) is 2.91. The number of rotatable bonds is 3. The molecule has 0 spiro atoms. The third kappa shape index (κ3) is 2.59. The number of benzene rings is 2. The molecule has 98 valence electrons. The summed E-state index contributed by atoms with van der Waals surface area (Å²) in [7, 11) is 0. The zero-order valence-corrected chi connectivity index (χ0v) is 10.7. The van der Waals surface area contributed by atoms with Crippen molar-refractivity contribution in [1.82, 2.24) is 9.97 Å². The molecule has 4 heteroatoms. The number of aromatic hydroxyl groups is 1. The molecule has 2 aromatic carbocycles. The zero-order valence-electron chi connectivity index (χ0n) is 10.7. The molecule has 0 atom stereocenters. The molecule has 2 N–H and O–H groups in total. The van der Waals surface area contributed by atoms with Crippen LogP contribution in [0.15, 0.2) is 61.1 Å². The van der Waals surface area contributed by atoms with Gasteiger partial charge in [0.15, 0.2) is 0 Å². The van der Waals surface area contributed by atoms with E-state index < -0.39 is 0 Å². The van der Waals surface area contributed by atoms with Crippen molar-refractivity contribution in [3.05, 3.63) is 66.6 Å². The molecular formula is C16H13N3O. The van der Waals surface area contributed by atoms with Crippen molar-refractivity contribution in [3.8, 4) is 5.75 Å². The molecule has 0 radical (unpaired) electrons. The summed E-state index contributed by atoms with van der Waals surface area (Å²) >= 11 is 0. The quantitative estimate of drug-likeness (QED) is 0.760. The lowest BCUT2D eigenvalue weighted by Gasteiger charge is -2.04. The molecule has 0 aliphatic rings. The molecule has 0 amide bonds. The number of phenols is 1. The molecule has 0 saturated carbocycles. The first-order valence-electron chi connectivity index (χ1n) is 6.25. The van der Waals surface area contributed by atoms with Crippen LogP contribution in [-0.2, 0) is 0 Å². The van der Waals surface area contributed by atoms with Gasteiger partial charge in [-0.1, -0.05) is 30.3 Å². The highest BCUT2D eigenvalue weighted by Crippen LogP contribution is 2.23. The van der Waals surface area contributed by atoms with Crippen LogP contribution >= 0.6 is 0 Å². The molecular weight excluding hydrogens is 250 g/mol. The molecule has 0 saturated heterocycles. The molecule has 0 aliphatic heterocycles. The Balaban J connectivity index is 1.88. The summed E-state index contributed by atoms with van der Waals surface area (Å²) in [6, 6.07) is 15.0. The number of fused-ring (bicyclic) bond motifs is 1. The number of nitrogens with one attached hydrogen (secondary N) is 1. The third-order valence-electron chi connectivity index (χ3n) is 2.91. The van der Waals surface area contributed by atoms with Gasteiger partial charge in [0.05, 0.1) is 5.52 Å². The van der Waals surface area contributed by atoms with Gasteiger partial charge in [0.25, 0.3) is 0 Å². The van der Waals surface area contributed by atoms with E-state index in [9.17, 15) is 5.11 Å². The van der Waals surface area contributed by atoms with Gasteiger partial charge in [-0.2, -0.15) is 0 Å². The lowest BCUT2D eigenvalue weighted by molar-refractivity contribution is 0.476. The average molecular weight is 263 g/mol. The molecule has 3 rings (SSSR count). The number of nitrogens with zero attached hydrogens (tertiary/aromatic N) is 2. The summed E-state index contributed by atoms with van der Waals surface area (Å²) < 4.78 is 0. The average Bonchev–Trinajstić information content (AvgIpc) is 2.49. The van der Waals surface area contributed by atoms with Crippen molar-refractivity contribution >= 4 is 22.8 Å². The molecule has 0 bridgehead atoms. The summed E-state index contributed by atoms with van der Waals surface area (Å²) in [5.41, 5.74) is 1.88. The Morgan fingerprint density at radius 1 is 1.00 bits per heavy atom. The fraction of sp³-hybridized carbons (Fsp3) is 0. The summed E-state index contributed by atoms with van der Waals surface area (Å²) in [5, 5.41) is 13.5. The van der Waals surface area contributed by atoms with Crippen molar-refractivity contribution in [1.29, 1.82) is 0 Å². The smallest absolute Gasteiger partial charge is 0.141 e. The van der Waals surface area contributed by atoms with Crippen LogP contribution in [-0.4, -0.2) is 15.1 Å². The SMILES string of the molecule is Oc1ccc2ncnc(NC=Cc3ccccc3)c2c1. The lowest BCUT2D eigenvalue weighted by atomic mass is 10.2. The minimum absolute atomic E-state index is 0.197. The standard InChI is InChI=1S/C16H13N3O/c20-13-6-7-15-14(10-13)16(19-11-18-15)17-9-8-12-4-2-1-3-5-12/h1-11,20H,(H,17,18,19). The van der Waals surface area contributed by atoms with E-state index in [1.54, 1.807) is 18.2 Å². The second-order valence-corrected chi connectivity index (χ2v) is 4.31. The van der Waals surface area contributed by atoms with Crippen LogP contribution in [0.3, 0.4) is 0 Å². The first kappa shape index (κ1) is 12.2. The number of hydrogen-bond donors (Lipinski definition) is 2. The maximum atomic E-state index is 9.56. The van der Waals surface area contributed by atoms with Crippen LogP contribution in [0.2, 0.25) is 0 Å². The molecule has 0 aliphatic carbocycles. The van der Waals surface area contributed by atoms with Crippen molar-refractivity contribution in [2.45, 2.75) is 0 Å². The monoisotopic (exact) mass is 263 g/mol. The van der Waals surface area contributed by atoms with Gasteiger partial charge in [-0.3, -0.25) is 0 Å². The van der Waals surface area contributed by atoms with Crippen molar-refractivity contribution in [3.63, 3.8) is 0 Å². The van der Waals surface area contributed by atoms with E-state index in [2.05, 4.69) is 15.3 Å². The lowest BCUT2D eigenvalue weighted by Crippen LogP contribution is -1.94. The topological polar surface area (TPSA) is 58.0 Å². The highest BCUT2D eigenvalue weighted by atomic mass is 16.3. The molecule has 4 nitrogen and oxygen atoms in total. The second-order valence-electron chi connectivity index (χ2n) is 4.31. The summed E-state index contributed by atoms with van der Waals surface area (Å²) in [6.45, 7) is 0. The summed E-state index contributed by atoms with van der Waals surface area (Å²) in [4.78, 5) is 8.36. The fourth-order valence-electron chi connectivity index (χ4n) is 1.94. The van der Waals surface area contributed by atoms with Crippen LogP contribution in [0.1, 0.15) is 5.56 Å². The van der Waals surface area contributed by atoms with Gasteiger partial charge < -0.3 is 10.4 Å². The van der Waals surface area contributed by atoms with Gasteiger partial charge in [0.2, 0.25) is 0 Å². The molecule has 0 unspecified atom stereocenters. The van der Waals surface area contributed by atoms with Gasteiger partial charge in [-0.25, -0.2) is 9.97 Å². The molecule has 1 heterocycles. The van der Waals surface area contributed by atoms with E-state index in [1.807, 2.05) is 42.6 Å². The van der Waals surface area contributed by atoms with E-state index in [-0.39, 0.29) is 5.75 Å². The Labute approximate surface area is 116 Å². The number of aromatic nitrogens is 2.